The maximum absolute atomic E-state index is 12.5. The Kier molecular flexibility index (Phi) is 5.31. The van der Waals surface area contributed by atoms with Gasteiger partial charge in [0.25, 0.3) is 11.5 Å². The molecule has 1 heterocycles. The normalized spacial score (nSPS) is 15.4. The average molecular weight is 339 g/mol. The summed E-state index contributed by atoms with van der Waals surface area (Å²) in [5.41, 5.74) is 1.46. The molecular formula is C20H25N3O2. The highest BCUT2D eigenvalue weighted by atomic mass is 16.2. The lowest BCUT2D eigenvalue weighted by Crippen LogP contribution is -2.46. The van der Waals surface area contributed by atoms with E-state index in [-0.39, 0.29) is 16.9 Å². The molecule has 1 N–H and O–H groups in total. The minimum absolute atomic E-state index is 0.0353. The van der Waals surface area contributed by atoms with E-state index in [4.69, 9.17) is 0 Å². The number of carbonyl (C=O) groups is 1. The number of amides is 1. The fraction of sp³-hybridized carbons (Fsp3) is 0.450. The first-order chi connectivity index (χ1) is 12.1. The highest BCUT2D eigenvalue weighted by Crippen LogP contribution is 2.43. The molecule has 1 aromatic carbocycles. The Morgan fingerprint density at radius 3 is 2.60 bits per heavy atom. The standard InChI is InChI=1S/C20H25N3O2/c1-2-3-14-23-18(24)11-10-17(22-23)19(25)21-15-20(12-7-13-20)16-8-5-4-6-9-16/h4-6,8-11H,2-3,7,12-15H2,1H3,(H,21,25). The lowest BCUT2D eigenvalue weighted by Gasteiger charge is -2.42. The molecule has 2 aromatic rings. The number of carbonyl (C=O) groups excluding carboxylic acids is 1. The Labute approximate surface area is 148 Å². The van der Waals surface area contributed by atoms with E-state index in [9.17, 15) is 9.59 Å². The van der Waals surface area contributed by atoms with Crippen LogP contribution in [-0.4, -0.2) is 22.2 Å². The van der Waals surface area contributed by atoms with Crippen LogP contribution in [0.15, 0.2) is 47.3 Å². The van der Waals surface area contributed by atoms with Crippen molar-refractivity contribution in [2.24, 2.45) is 0 Å². The van der Waals surface area contributed by atoms with E-state index in [2.05, 4.69) is 29.5 Å². The Bertz CT molecular complexity index is 779. The number of aryl methyl sites for hydroxylation is 1. The summed E-state index contributed by atoms with van der Waals surface area (Å²) in [6, 6.07) is 13.3. The number of hydrogen-bond donors (Lipinski definition) is 1. The third-order valence-corrected chi connectivity index (χ3v) is 5.11. The topological polar surface area (TPSA) is 64.0 Å². The molecule has 3 rings (SSSR count). The van der Waals surface area contributed by atoms with Gasteiger partial charge in [-0.05, 0) is 30.9 Å². The van der Waals surface area contributed by atoms with Crippen LogP contribution in [0.3, 0.4) is 0 Å². The Morgan fingerprint density at radius 2 is 1.96 bits per heavy atom. The fourth-order valence-corrected chi connectivity index (χ4v) is 3.34. The first-order valence-corrected chi connectivity index (χ1v) is 9.06. The molecule has 0 bridgehead atoms. The summed E-state index contributed by atoms with van der Waals surface area (Å²) < 4.78 is 1.38. The smallest absolute Gasteiger partial charge is 0.271 e. The number of hydrogen-bond acceptors (Lipinski definition) is 3. The number of benzene rings is 1. The molecular weight excluding hydrogens is 314 g/mol. The number of nitrogens with zero attached hydrogens (tertiary/aromatic N) is 2. The fourth-order valence-electron chi connectivity index (χ4n) is 3.34. The van der Waals surface area contributed by atoms with Gasteiger partial charge in [0.05, 0.1) is 0 Å². The van der Waals surface area contributed by atoms with Crippen LogP contribution in [0.5, 0.6) is 0 Å². The van der Waals surface area contributed by atoms with Crippen LogP contribution in [-0.2, 0) is 12.0 Å². The van der Waals surface area contributed by atoms with Crippen molar-refractivity contribution in [3.8, 4) is 0 Å². The molecule has 5 nitrogen and oxygen atoms in total. The zero-order valence-corrected chi connectivity index (χ0v) is 14.7. The second-order valence-corrected chi connectivity index (χ2v) is 6.82. The molecule has 1 aliphatic carbocycles. The van der Waals surface area contributed by atoms with E-state index < -0.39 is 0 Å². The van der Waals surface area contributed by atoms with Crippen molar-refractivity contribution in [1.82, 2.24) is 15.1 Å². The summed E-state index contributed by atoms with van der Waals surface area (Å²) in [6.45, 7) is 3.21. The molecule has 1 amide bonds. The van der Waals surface area contributed by atoms with Crippen molar-refractivity contribution in [1.29, 1.82) is 0 Å². The predicted octanol–water partition coefficient (Wildman–Crippen LogP) is 2.90. The SMILES string of the molecule is CCCCn1nc(C(=O)NCC2(c3ccccc3)CCC2)ccc1=O. The predicted molar refractivity (Wildman–Crippen MR) is 97.7 cm³/mol. The molecule has 132 valence electrons. The quantitative estimate of drug-likeness (QED) is 0.843. The molecule has 1 aliphatic rings. The first kappa shape index (κ1) is 17.4. The summed E-state index contributed by atoms with van der Waals surface area (Å²) in [6.07, 6.45) is 5.20. The third-order valence-electron chi connectivity index (χ3n) is 5.11. The van der Waals surface area contributed by atoms with Gasteiger partial charge < -0.3 is 5.32 Å². The van der Waals surface area contributed by atoms with Gasteiger partial charge in [0.2, 0.25) is 0 Å². The molecule has 0 unspecified atom stereocenters. The molecule has 0 radical (unpaired) electrons. The highest BCUT2D eigenvalue weighted by molar-refractivity contribution is 5.92. The second kappa shape index (κ2) is 7.64. The van der Waals surface area contributed by atoms with Gasteiger partial charge in [-0.15, -0.1) is 0 Å². The van der Waals surface area contributed by atoms with Gasteiger partial charge in [-0.1, -0.05) is 50.1 Å². The van der Waals surface area contributed by atoms with Crippen LogP contribution in [0.4, 0.5) is 0 Å². The van der Waals surface area contributed by atoms with Crippen molar-refractivity contribution >= 4 is 5.91 Å². The minimum atomic E-state index is -0.215. The van der Waals surface area contributed by atoms with Gasteiger partial charge in [0.1, 0.15) is 5.69 Å². The number of nitrogens with one attached hydrogen (secondary N) is 1. The monoisotopic (exact) mass is 339 g/mol. The van der Waals surface area contributed by atoms with Crippen molar-refractivity contribution in [3.05, 3.63) is 64.1 Å². The molecule has 0 spiro atoms. The minimum Gasteiger partial charge on any atom is -0.350 e. The molecule has 1 aromatic heterocycles. The maximum atomic E-state index is 12.5. The van der Waals surface area contributed by atoms with Crippen molar-refractivity contribution < 1.29 is 4.79 Å². The molecule has 0 aliphatic heterocycles. The zero-order valence-electron chi connectivity index (χ0n) is 14.7. The van der Waals surface area contributed by atoms with Crippen LogP contribution in [0.2, 0.25) is 0 Å². The average Bonchev–Trinajstić information content (AvgIpc) is 2.61. The van der Waals surface area contributed by atoms with Gasteiger partial charge in [0.15, 0.2) is 0 Å². The molecule has 0 saturated heterocycles. The summed E-state index contributed by atoms with van der Waals surface area (Å²) in [4.78, 5) is 24.3. The van der Waals surface area contributed by atoms with Crippen LogP contribution in [0.1, 0.15) is 55.1 Å². The Hall–Kier alpha value is -2.43. The summed E-state index contributed by atoms with van der Waals surface area (Å²) in [5, 5.41) is 7.25. The lowest BCUT2D eigenvalue weighted by molar-refractivity contribution is 0.0920. The molecule has 1 saturated carbocycles. The van der Waals surface area contributed by atoms with Crippen molar-refractivity contribution in [2.75, 3.05) is 6.54 Å². The third kappa shape index (κ3) is 3.81. The molecule has 5 heteroatoms. The van der Waals surface area contributed by atoms with Crippen LogP contribution in [0.25, 0.3) is 0 Å². The Morgan fingerprint density at radius 1 is 1.20 bits per heavy atom. The Balaban J connectivity index is 1.69. The molecule has 1 fully saturated rings. The summed E-state index contributed by atoms with van der Waals surface area (Å²) in [7, 11) is 0. The number of rotatable bonds is 7. The van der Waals surface area contributed by atoms with E-state index in [1.807, 2.05) is 18.2 Å². The number of aromatic nitrogens is 2. The van der Waals surface area contributed by atoms with Crippen LogP contribution >= 0.6 is 0 Å². The van der Waals surface area contributed by atoms with E-state index in [1.54, 1.807) is 0 Å². The van der Waals surface area contributed by atoms with E-state index in [0.717, 1.165) is 25.7 Å². The number of unbranched alkanes of at least 4 members (excludes halogenated alkanes) is 1. The summed E-state index contributed by atoms with van der Waals surface area (Å²) in [5.74, 6) is -0.215. The van der Waals surface area contributed by atoms with Gasteiger partial charge in [-0.2, -0.15) is 5.10 Å². The maximum Gasteiger partial charge on any atom is 0.271 e. The van der Waals surface area contributed by atoms with Crippen LogP contribution in [0, 0.1) is 0 Å². The second-order valence-electron chi connectivity index (χ2n) is 6.82. The van der Waals surface area contributed by atoms with Gasteiger partial charge in [0, 0.05) is 24.6 Å². The van der Waals surface area contributed by atoms with E-state index >= 15 is 0 Å². The highest BCUT2D eigenvalue weighted by Gasteiger charge is 2.38. The molecule has 25 heavy (non-hydrogen) atoms. The van der Waals surface area contributed by atoms with Crippen molar-refractivity contribution in [2.45, 2.75) is 51.0 Å². The van der Waals surface area contributed by atoms with E-state index in [0.29, 0.717) is 18.8 Å². The van der Waals surface area contributed by atoms with Crippen LogP contribution < -0.4 is 10.9 Å². The zero-order chi connectivity index (χ0) is 17.7. The molecule has 0 atom stereocenters. The van der Waals surface area contributed by atoms with E-state index in [1.165, 1.54) is 28.8 Å². The van der Waals surface area contributed by atoms with Gasteiger partial charge >= 0.3 is 0 Å². The van der Waals surface area contributed by atoms with Crippen molar-refractivity contribution in [3.63, 3.8) is 0 Å². The van der Waals surface area contributed by atoms with Gasteiger partial charge in [-0.25, -0.2) is 4.68 Å². The first-order valence-electron chi connectivity index (χ1n) is 9.06. The largest absolute Gasteiger partial charge is 0.350 e. The lowest BCUT2D eigenvalue weighted by atomic mass is 9.64. The summed E-state index contributed by atoms with van der Waals surface area (Å²) >= 11 is 0. The van der Waals surface area contributed by atoms with Gasteiger partial charge in [-0.3, -0.25) is 9.59 Å².